The molecule has 3 saturated carbocycles. The van der Waals surface area contributed by atoms with Crippen molar-refractivity contribution in [3.63, 3.8) is 0 Å². The number of carbonyl (C=O) groups excluding carboxylic acids is 1. The molecule has 0 spiro atoms. The molecule has 0 N–H and O–H groups in total. The molecule has 0 aliphatic heterocycles. The molecule has 3 nitrogen and oxygen atoms in total. The molecule has 3 aliphatic carbocycles. The zero-order valence-corrected chi connectivity index (χ0v) is 22.3. The molecule has 1 aromatic carbocycles. The lowest BCUT2D eigenvalue weighted by molar-refractivity contribution is -0.140. The molecular formula is C32H48O3. The van der Waals surface area contributed by atoms with Gasteiger partial charge in [-0.05, 0) is 119 Å². The van der Waals surface area contributed by atoms with Crippen molar-refractivity contribution in [2.24, 2.45) is 35.5 Å². The van der Waals surface area contributed by atoms with E-state index in [9.17, 15) is 4.79 Å². The van der Waals surface area contributed by atoms with Gasteiger partial charge in [0.2, 0.25) is 0 Å². The van der Waals surface area contributed by atoms with Gasteiger partial charge < -0.3 is 9.47 Å². The van der Waals surface area contributed by atoms with E-state index in [0.29, 0.717) is 12.4 Å². The van der Waals surface area contributed by atoms with Crippen molar-refractivity contribution in [1.29, 1.82) is 0 Å². The average Bonchev–Trinajstić information content (AvgIpc) is 2.90. The summed E-state index contributed by atoms with van der Waals surface area (Å²) in [6.45, 7) is 4.85. The molecule has 194 valence electrons. The lowest BCUT2D eigenvalue weighted by Gasteiger charge is -2.45. The number of hydrogen-bond acceptors (Lipinski definition) is 3. The molecule has 3 fully saturated rings. The molecule has 4 unspecified atom stereocenters. The zero-order chi connectivity index (χ0) is 24.5. The number of rotatable bonds is 10. The number of fused-ring (bicyclic) bond motifs is 1. The Morgan fingerprint density at radius 3 is 2.17 bits per heavy atom. The summed E-state index contributed by atoms with van der Waals surface area (Å²) >= 11 is 0. The van der Waals surface area contributed by atoms with E-state index in [1.807, 2.05) is 43.3 Å². The summed E-state index contributed by atoms with van der Waals surface area (Å²) in [5.41, 5.74) is 0. The summed E-state index contributed by atoms with van der Waals surface area (Å²) in [5.74, 6) is 6.19. The van der Waals surface area contributed by atoms with Crippen LogP contribution in [0.2, 0.25) is 0 Å². The van der Waals surface area contributed by atoms with Gasteiger partial charge in [0.15, 0.2) is 0 Å². The Balaban J connectivity index is 1.17. The van der Waals surface area contributed by atoms with Crippen molar-refractivity contribution in [3.8, 4) is 11.5 Å². The highest BCUT2D eigenvalue weighted by Gasteiger charge is 2.39. The summed E-state index contributed by atoms with van der Waals surface area (Å²) in [6, 6.07) is 7.42. The van der Waals surface area contributed by atoms with E-state index in [-0.39, 0.29) is 11.9 Å². The Kier molecular flexibility index (Phi) is 10.2. The van der Waals surface area contributed by atoms with Crippen LogP contribution in [0.4, 0.5) is 0 Å². The van der Waals surface area contributed by atoms with Gasteiger partial charge in [-0.3, -0.25) is 4.79 Å². The van der Waals surface area contributed by atoms with E-state index >= 15 is 0 Å². The van der Waals surface area contributed by atoms with Crippen molar-refractivity contribution in [1.82, 2.24) is 0 Å². The second-order valence-corrected chi connectivity index (χ2v) is 11.7. The van der Waals surface area contributed by atoms with Crippen LogP contribution in [-0.2, 0) is 4.79 Å². The first kappa shape index (κ1) is 26.3. The minimum atomic E-state index is -0.0452. The molecule has 3 heteroatoms. The lowest BCUT2D eigenvalue weighted by atomic mass is 9.60. The van der Waals surface area contributed by atoms with Crippen molar-refractivity contribution in [2.75, 3.05) is 6.61 Å². The summed E-state index contributed by atoms with van der Waals surface area (Å²) in [7, 11) is 0. The molecule has 0 heterocycles. The third kappa shape index (κ3) is 7.61. The van der Waals surface area contributed by atoms with Crippen LogP contribution in [0.3, 0.4) is 0 Å². The molecule has 0 amide bonds. The first-order chi connectivity index (χ1) is 17.2. The molecule has 4 rings (SSSR count). The van der Waals surface area contributed by atoms with Crippen LogP contribution in [0.25, 0.3) is 0 Å². The van der Waals surface area contributed by atoms with Crippen LogP contribution in [0.15, 0.2) is 36.4 Å². The highest BCUT2D eigenvalue weighted by molar-refractivity contribution is 5.75. The fourth-order valence-electron chi connectivity index (χ4n) is 7.27. The topological polar surface area (TPSA) is 35.5 Å². The van der Waals surface area contributed by atoms with Crippen molar-refractivity contribution >= 4 is 5.97 Å². The van der Waals surface area contributed by atoms with E-state index in [4.69, 9.17) is 9.47 Å². The Morgan fingerprint density at radius 1 is 0.829 bits per heavy atom. The molecule has 3 aliphatic rings. The molecule has 4 atom stereocenters. The fraction of sp³-hybridized carbons (Fsp3) is 0.719. The van der Waals surface area contributed by atoms with E-state index in [1.54, 1.807) is 0 Å². The van der Waals surface area contributed by atoms with Crippen molar-refractivity contribution in [3.05, 3.63) is 36.4 Å². The van der Waals surface area contributed by atoms with Crippen molar-refractivity contribution < 1.29 is 14.3 Å². The zero-order valence-electron chi connectivity index (χ0n) is 22.3. The van der Waals surface area contributed by atoms with Crippen molar-refractivity contribution in [2.45, 2.75) is 104 Å². The first-order valence-electron chi connectivity index (χ1n) is 14.7. The highest BCUT2D eigenvalue weighted by Crippen LogP contribution is 2.49. The molecule has 0 bridgehead atoms. The van der Waals surface area contributed by atoms with Gasteiger partial charge in [-0.1, -0.05) is 51.2 Å². The first-order valence-corrected chi connectivity index (χ1v) is 14.7. The Hall–Kier alpha value is -1.77. The van der Waals surface area contributed by atoms with Crippen LogP contribution in [0, 0.1) is 35.5 Å². The van der Waals surface area contributed by atoms with E-state index < -0.39 is 0 Å². The minimum Gasteiger partial charge on any atom is -0.490 e. The molecule has 1 aromatic rings. The summed E-state index contributed by atoms with van der Waals surface area (Å²) < 4.78 is 11.3. The largest absolute Gasteiger partial charge is 0.490 e. The van der Waals surface area contributed by atoms with Gasteiger partial charge in [0, 0.05) is 0 Å². The van der Waals surface area contributed by atoms with Gasteiger partial charge in [-0.2, -0.15) is 0 Å². The number of hydrogen-bond donors (Lipinski definition) is 0. The van der Waals surface area contributed by atoms with E-state index in [0.717, 1.165) is 48.2 Å². The smallest absolute Gasteiger partial charge is 0.314 e. The van der Waals surface area contributed by atoms with Crippen LogP contribution >= 0.6 is 0 Å². The van der Waals surface area contributed by atoms with Crippen LogP contribution in [0.1, 0.15) is 104 Å². The predicted molar refractivity (Wildman–Crippen MR) is 144 cm³/mol. The SMILES string of the molecule is C/C=C/COc1ccc(OC(=O)C2CCC(C3CCC4CC(CCCCC)CCC4C3)CC2)cc1. The summed E-state index contributed by atoms with van der Waals surface area (Å²) in [4.78, 5) is 12.8. The normalized spacial score (nSPS) is 31.1. The second-order valence-electron chi connectivity index (χ2n) is 11.7. The molecular weight excluding hydrogens is 432 g/mol. The monoisotopic (exact) mass is 480 g/mol. The quantitative estimate of drug-likeness (QED) is 0.145. The Labute approximate surface area is 214 Å². The Morgan fingerprint density at radius 2 is 1.46 bits per heavy atom. The van der Waals surface area contributed by atoms with Gasteiger partial charge in [-0.25, -0.2) is 0 Å². The van der Waals surface area contributed by atoms with Crippen LogP contribution in [-0.4, -0.2) is 12.6 Å². The van der Waals surface area contributed by atoms with Gasteiger partial charge in [0.25, 0.3) is 0 Å². The van der Waals surface area contributed by atoms with E-state index in [1.165, 1.54) is 77.0 Å². The summed E-state index contributed by atoms with van der Waals surface area (Å²) in [5, 5.41) is 0. The minimum absolute atomic E-state index is 0.0452. The van der Waals surface area contributed by atoms with Crippen LogP contribution < -0.4 is 9.47 Å². The third-order valence-electron chi connectivity index (χ3n) is 9.37. The van der Waals surface area contributed by atoms with Gasteiger partial charge in [0.1, 0.15) is 18.1 Å². The Bertz CT molecular complexity index is 790. The number of allylic oxidation sites excluding steroid dienone is 1. The average molecular weight is 481 g/mol. The highest BCUT2D eigenvalue weighted by atomic mass is 16.5. The maximum Gasteiger partial charge on any atom is 0.314 e. The molecule has 35 heavy (non-hydrogen) atoms. The van der Waals surface area contributed by atoms with Gasteiger partial charge in [0.05, 0.1) is 5.92 Å². The standard InChI is InChI=1S/C32H48O3/c1-3-5-7-8-24-9-10-29-23-28(16-15-27(29)22-24)25-11-13-26(14-12-25)32(33)35-31-19-17-30(18-20-31)34-21-6-4-2/h4,6,17-20,24-29H,3,5,7-16,21-23H2,1-2H3/b6-4+. The number of carbonyl (C=O) groups is 1. The van der Waals surface area contributed by atoms with Gasteiger partial charge >= 0.3 is 5.97 Å². The lowest BCUT2D eigenvalue weighted by Crippen LogP contribution is -2.35. The third-order valence-corrected chi connectivity index (χ3v) is 9.37. The number of unbranched alkanes of at least 4 members (excludes halogenated alkanes) is 2. The number of ether oxygens (including phenoxy) is 2. The molecule has 0 radical (unpaired) electrons. The summed E-state index contributed by atoms with van der Waals surface area (Å²) in [6.07, 6.45) is 22.9. The number of benzene rings is 1. The second kappa shape index (κ2) is 13.5. The maximum atomic E-state index is 12.8. The number of esters is 1. The maximum absolute atomic E-state index is 12.8. The molecule has 0 aromatic heterocycles. The molecule has 0 saturated heterocycles. The predicted octanol–water partition coefficient (Wildman–Crippen LogP) is 8.77. The van der Waals surface area contributed by atoms with E-state index in [2.05, 4.69) is 6.92 Å². The van der Waals surface area contributed by atoms with Crippen LogP contribution in [0.5, 0.6) is 11.5 Å². The van der Waals surface area contributed by atoms with Gasteiger partial charge in [-0.15, -0.1) is 0 Å². The fourth-order valence-corrected chi connectivity index (χ4v) is 7.27.